The van der Waals surface area contributed by atoms with Gasteiger partial charge in [-0.15, -0.1) is 0 Å². The van der Waals surface area contributed by atoms with E-state index in [1.54, 1.807) is 12.4 Å². The number of rotatable bonds is 2. The summed E-state index contributed by atoms with van der Waals surface area (Å²) in [7, 11) is 0. The van der Waals surface area contributed by atoms with Gasteiger partial charge >= 0.3 is 0 Å². The number of hydrogen-bond donors (Lipinski definition) is 1. The first-order chi connectivity index (χ1) is 8.97. The summed E-state index contributed by atoms with van der Waals surface area (Å²) in [6.45, 7) is 8.69. The summed E-state index contributed by atoms with van der Waals surface area (Å²) in [4.78, 5) is 16.7. The summed E-state index contributed by atoms with van der Waals surface area (Å²) in [6, 6.07) is 3.70. The summed E-state index contributed by atoms with van der Waals surface area (Å²) in [5, 5.41) is 3.01. The van der Waals surface area contributed by atoms with E-state index >= 15 is 0 Å². The van der Waals surface area contributed by atoms with Crippen molar-refractivity contribution in [3.8, 4) is 0 Å². The topological polar surface area (TPSA) is 42.0 Å². The van der Waals surface area contributed by atoms with Crippen molar-refractivity contribution in [2.24, 2.45) is 16.7 Å². The van der Waals surface area contributed by atoms with E-state index in [1.165, 1.54) is 0 Å². The Bertz CT molecular complexity index is 535. The number of hydrogen-bond acceptors (Lipinski definition) is 2. The molecular formula is C16H20N2O. The van der Waals surface area contributed by atoms with Gasteiger partial charge in [0.2, 0.25) is 5.91 Å². The largest absolute Gasteiger partial charge is 0.324 e. The van der Waals surface area contributed by atoms with E-state index in [9.17, 15) is 4.79 Å². The van der Waals surface area contributed by atoms with Crippen LogP contribution >= 0.6 is 0 Å². The summed E-state index contributed by atoms with van der Waals surface area (Å²) in [5.41, 5.74) is 1.61. The van der Waals surface area contributed by atoms with Gasteiger partial charge in [0.15, 0.2) is 0 Å². The third-order valence-electron chi connectivity index (χ3n) is 5.24. The van der Waals surface area contributed by atoms with Crippen molar-refractivity contribution in [1.29, 1.82) is 0 Å². The molecule has 0 aliphatic heterocycles. The van der Waals surface area contributed by atoms with Crippen LogP contribution in [0.15, 0.2) is 36.7 Å². The maximum absolute atomic E-state index is 12.7. The van der Waals surface area contributed by atoms with Crippen LogP contribution < -0.4 is 5.32 Å². The second-order valence-electron chi connectivity index (χ2n) is 6.42. The fraction of sp³-hybridized carbons (Fsp3) is 0.500. The van der Waals surface area contributed by atoms with Crippen molar-refractivity contribution in [1.82, 2.24) is 4.98 Å². The fourth-order valence-corrected chi connectivity index (χ4v) is 3.83. The first-order valence-electron chi connectivity index (χ1n) is 6.88. The molecule has 3 rings (SSSR count). The number of nitrogens with one attached hydrogen (secondary N) is 1. The molecule has 1 heterocycles. The maximum Gasteiger partial charge on any atom is 0.234 e. The Kier molecular flexibility index (Phi) is 2.56. The Morgan fingerprint density at radius 2 is 2.32 bits per heavy atom. The van der Waals surface area contributed by atoms with Crippen molar-refractivity contribution < 1.29 is 4.79 Å². The minimum absolute atomic E-state index is 0.0878. The lowest BCUT2D eigenvalue weighted by Crippen LogP contribution is -2.37. The number of amides is 1. The minimum atomic E-state index is -0.357. The highest BCUT2D eigenvalue weighted by molar-refractivity contribution is 5.98. The van der Waals surface area contributed by atoms with Crippen LogP contribution in [0.4, 0.5) is 5.69 Å². The van der Waals surface area contributed by atoms with Crippen LogP contribution in [0.1, 0.15) is 33.1 Å². The zero-order chi connectivity index (χ0) is 13.7. The van der Waals surface area contributed by atoms with Crippen LogP contribution in [0.25, 0.3) is 0 Å². The molecule has 0 radical (unpaired) electrons. The van der Waals surface area contributed by atoms with Crippen LogP contribution in [0.5, 0.6) is 0 Å². The minimum Gasteiger partial charge on any atom is -0.324 e. The molecule has 2 atom stereocenters. The molecule has 2 aliphatic carbocycles. The number of nitrogens with zero attached hydrogens (tertiary/aromatic N) is 1. The zero-order valence-electron chi connectivity index (χ0n) is 11.6. The second-order valence-corrected chi connectivity index (χ2v) is 6.42. The van der Waals surface area contributed by atoms with Crippen LogP contribution in [-0.2, 0) is 4.79 Å². The average Bonchev–Trinajstić information content (AvgIpc) is 2.91. The Balaban J connectivity index is 1.86. The Morgan fingerprint density at radius 3 is 2.89 bits per heavy atom. The predicted octanol–water partition coefficient (Wildman–Crippen LogP) is 3.40. The van der Waals surface area contributed by atoms with Gasteiger partial charge in [0, 0.05) is 6.20 Å². The second kappa shape index (κ2) is 3.92. The van der Waals surface area contributed by atoms with Gasteiger partial charge in [0.25, 0.3) is 0 Å². The van der Waals surface area contributed by atoms with E-state index in [0.717, 1.165) is 30.5 Å². The summed E-state index contributed by atoms with van der Waals surface area (Å²) >= 11 is 0. The summed E-state index contributed by atoms with van der Waals surface area (Å²) in [6.07, 6.45) is 6.41. The first kappa shape index (κ1) is 12.4. The molecule has 1 aromatic heterocycles. The lowest BCUT2D eigenvalue weighted by atomic mass is 9.68. The number of pyridine rings is 1. The van der Waals surface area contributed by atoms with Gasteiger partial charge in [-0.3, -0.25) is 9.78 Å². The molecular weight excluding hydrogens is 236 g/mol. The molecule has 0 unspecified atom stereocenters. The van der Waals surface area contributed by atoms with Gasteiger partial charge in [-0.2, -0.15) is 0 Å². The van der Waals surface area contributed by atoms with E-state index in [1.807, 2.05) is 12.1 Å². The molecule has 1 amide bonds. The van der Waals surface area contributed by atoms with Crippen LogP contribution in [-0.4, -0.2) is 10.9 Å². The van der Waals surface area contributed by atoms with Crippen LogP contribution in [0, 0.1) is 16.7 Å². The van der Waals surface area contributed by atoms with Crippen molar-refractivity contribution in [2.45, 2.75) is 33.1 Å². The van der Waals surface area contributed by atoms with Gasteiger partial charge in [0.1, 0.15) is 0 Å². The van der Waals surface area contributed by atoms with Crippen molar-refractivity contribution in [2.75, 3.05) is 5.32 Å². The number of anilines is 1. The fourth-order valence-electron chi connectivity index (χ4n) is 3.83. The molecule has 3 nitrogen and oxygen atoms in total. The van der Waals surface area contributed by atoms with Gasteiger partial charge in [-0.1, -0.05) is 26.0 Å². The molecule has 0 saturated heterocycles. The van der Waals surface area contributed by atoms with E-state index < -0.39 is 0 Å². The van der Waals surface area contributed by atoms with E-state index in [4.69, 9.17) is 0 Å². The van der Waals surface area contributed by atoms with Crippen LogP contribution in [0.3, 0.4) is 0 Å². The summed E-state index contributed by atoms with van der Waals surface area (Å²) < 4.78 is 0. The monoisotopic (exact) mass is 256 g/mol. The van der Waals surface area contributed by atoms with E-state index in [-0.39, 0.29) is 16.7 Å². The Labute approximate surface area is 114 Å². The standard InChI is InChI=1S/C16H20N2O/c1-11-15(2,3)12-6-7-16(11,9-12)14(19)18-13-5-4-8-17-10-13/h4-5,8,10,12H,1,6-7,9H2,2-3H3,(H,18,19)/t12-,16+/m0/s1. The van der Waals surface area contributed by atoms with Crippen molar-refractivity contribution >= 4 is 11.6 Å². The van der Waals surface area contributed by atoms with Gasteiger partial charge in [-0.25, -0.2) is 0 Å². The molecule has 2 fully saturated rings. The van der Waals surface area contributed by atoms with Gasteiger partial charge in [-0.05, 0) is 42.7 Å². The highest BCUT2D eigenvalue weighted by Gasteiger charge is 2.60. The molecule has 0 aromatic carbocycles. The highest BCUT2D eigenvalue weighted by Crippen LogP contribution is 2.65. The van der Waals surface area contributed by atoms with Gasteiger partial charge in [0.05, 0.1) is 17.3 Å². The molecule has 2 aliphatic rings. The Morgan fingerprint density at radius 1 is 1.53 bits per heavy atom. The van der Waals surface area contributed by atoms with Crippen molar-refractivity contribution in [3.63, 3.8) is 0 Å². The van der Waals surface area contributed by atoms with Gasteiger partial charge < -0.3 is 5.32 Å². The predicted molar refractivity (Wildman–Crippen MR) is 75.6 cm³/mol. The zero-order valence-corrected chi connectivity index (χ0v) is 11.6. The third kappa shape index (κ3) is 1.64. The summed E-state index contributed by atoms with van der Waals surface area (Å²) in [5.74, 6) is 0.693. The quantitative estimate of drug-likeness (QED) is 0.824. The normalized spacial score (nSPS) is 31.5. The molecule has 19 heavy (non-hydrogen) atoms. The smallest absolute Gasteiger partial charge is 0.234 e. The van der Waals surface area contributed by atoms with Crippen LogP contribution in [0.2, 0.25) is 0 Å². The Hall–Kier alpha value is -1.64. The number of aromatic nitrogens is 1. The number of carbonyl (C=O) groups is 1. The molecule has 3 heteroatoms. The lowest BCUT2D eigenvalue weighted by molar-refractivity contribution is -0.123. The highest BCUT2D eigenvalue weighted by atomic mass is 16.2. The van der Waals surface area contributed by atoms with Crippen molar-refractivity contribution in [3.05, 3.63) is 36.7 Å². The molecule has 100 valence electrons. The molecule has 1 N–H and O–H groups in total. The third-order valence-corrected chi connectivity index (χ3v) is 5.24. The van der Waals surface area contributed by atoms with E-state index in [0.29, 0.717) is 5.92 Å². The first-order valence-corrected chi connectivity index (χ1v) is 6.88. The number of carbonyl (C=O) groups excluding carboxylic acids is 1. The SMILES string of the molecule is C=C1C(C)(C)[C@H]2CC[C@@]1(C(=O)Nc1cccnc1)C2. The molecule has 0 spiro atoms. The average molecular weight is 256 g/mol. The number of fused-ring (bicyclic) bond motifs is 2. The molecule has 1 aromatic rings. The molecule has 2 saturated carbocycles. The molecule has 2 bridgehead atoms. The maximum atomic E-state index is 12.7. The van der Waals surface area contributed by atoms with E-state index in [2.05, 4.69) is 30.7 Å². The lowest BCUT2D eigenvalue weighted by Gasteiger charge is -2.37.